The molecule has 2 aromatic rings. The van der Waals surface area contributed by atoms with E-state index in [-0.39, 0.29) is 12.3 Å². The van der Waals surface area contributed by atoms with E-state index in [9.17, 15) is 4.79 Å². The van der Waals surface area contributed by atoms with E-state index in [2.05, 4.69) is 12.1 Å². The number of carbonyl (C=O) groups excluding carboxylic acids is 1. The molecule has 0 aliphatic carbocycles. The van der Waals surface area contributed by atoms with Crippen molar-refractivity contribution in [1.29, 1.82) is 0 Å². The fraction of sp³-hybridized carbons (Fsp3) is 0.267. The highest BCUT2D eigenvalue weighted by atomic mass is 16.5. The minimum absolute atomic E-state index is 0.208. The molecule has 4 heteroatoms. The van der Waals surface area contributed by atoms with Gasteiger partial charge in [0.2, 0.25) is 5.76 Å². The lowest BCUT2D eigenvalue weighted by molar-refractivity contribution is 0.0462. The monoisotopic (exact) mass is 259 g/mol. The highest BCUT2D eigenvalue weighted by molar-refractivity contribution is 5.86. The molecule has 1 aromatic heterocycles. The standard InChI is InChI=1S/C15H17NO3/c16-11-13-8-9-14(19-13)15(17)18-10-4-7-12-5-2-1-3-6-12/h1-3,5-6,8-9H,4,7,10-11,16H2. The molecule has 19 heavy (non-hydrogen) atoms. The molecule has 0 atom stereocenters. The van der Waals surface area contributed by atoms with Gasteiger partial charge >= 0.3 is 5.97 Å². The molecule has 2 rings (SSSR count). The summed E-state index contributed by atoms with van der Waals surface area (Å²) in [4.78, 5) is 11.6. The molecule has 100 valence electrons. The van der Waals surface area contributed by atoms with E-state index >= 15 is 0 Å². The second-order valence-corrected chi connectivity index (χ2v) is 4.20. The molecule has 4 nitrogen and oxygen atoms in total. The number of benzene rings is 1. The summed E-state index contributed by atoms with van der Waals surface area (Å²) in [5.74, 6) is 0.351. The van der Waals surface area contributed by atoms with Crippen LogP contribution < -0.4 is 5.73 Å². The molecule has 0 fully saturated rings. The fourth-order valence-corrected chi connectivity index (χ4v) is 1.75. The smallest absolute Gasteiger partial charge is 0.374 e. The highest BCUT2D eigenvalue weighted by Crippen LogP contribution is 2.09. The zero-order valence-corrected chi connectivity index (χ0v) is 10.7. The van der Waals surface area contributed by atoms with Crippen molar-refractivity contribution in [3.63, 3.8) is 0 Å². The molecule has 0 bridgehead atoms. The molecule has 0 saturated heterocycles. The van der Waals surface area contributed by atoms with Crippen LogP contribution in [0.15, 0.2) is 46.9 Å². The Hall–Kier alpha value is -2.07. The van der Waals surface area contributed by atoms with Crippen LogP contribution in [0.5, 0.6) is 0 Å². The van der Waals surface area contributed by atoms with Crippen LogP contribution in [-0.4, -0.2) is 12.6 Å². The summed E-state index contributed by atoms with van der Waals surface area (Å²) >= 11 is 0. The highest BCUT2D eigenvalue weighted by Gasteiger charge is 2.11. The molecule has 0 amide bonds. The van der Waals surface area contributed by atoms with Crippen molar-refractivity contribution < 1.29 is 13.9 Å². The molecule has 0 unspecified atom stereocenters. The van der Waals surface area contributed by atoms with Crippen molar-refractivity contribution in [3.8, 4) is 0 Å². The van der Waals surface area contributed by atoms with E-state index in [0.717, 1.165) is 12.8 Å². The Morgan fingerprint density at radius 3 is 2.63 bits per heavy atom. The number of nitrogens with two attached hydrogens (primary N) is 1. The normalized spacial score (nSPS) is 10.4. The average molecular weight is 259 g/mol. The van der Waals surface area contributed by atoms with Gasteiger partial charge in [-0.2, -0.15) is 0 Å². The van der Waals surface area contributed by atoms with Crippen molar-refractivity contribution >= 4 is 5.97 Å². The maximum atomic E-state index is 11.6. The minimum Gasteiger partial charge on any atom is -0.460 e. The van der Waals surface area contributed by atoms with Crippen molar-refractivity contribution in [2.75, 3.05) is 6.61 Å². The molecule has 0 radical (unpaired) electrons. The van der Waals surface area contributed by atoms with Crippen LogP contribution in [0, 0.1) is 0 Å². The zero-order chi connectivity index (χ0) is 13.5. The number of carbonyl (C=O) groups is 1. The van der Waals surface area contributed by atoms with E-state index < -0.39 is 5.97 Å². The van der Waals surface area contributed by atoms with E-state index in [4.69, 9.17) is 14.9 Å². The Morgan fingerprint density at radius 2 is 1.95 bits per heavy atom. The topological polar surface area (TPSA) is 65.5 Å². The van der Waals surface area contributed by atoms with Crippen LogP contribution in [0.4, 0.5) is 0 Å². The van der Waals surface area contributed by atoms with Crippen molar-refractivity contribution in [1.82, 2.24) is 0 Å². The number of ether oxygens (including phenoxy) is 1. The third kappa shape index (κ3) is 3.96. The summed E-state index contributed by atoms with van der Waals surface area (Å²) in [7, 11) is 0. The molecule has 0 aliphatic rings. The average Bonchev–Trinajstić information content (AvgIpc) is 2.93. The van der Waals surface area contributed by atoms with Gasteiger partial charge in [0.15, 0.2) is 0 Å². The van der Waals surface area contributed by atoms with Crippen LogP contribution in [0.3, 0.4) is 0 Å². The van der Waals surface area contributed by atoms with Crippen molar-refractivity contribution in [2.45, 2.75) is 19.4 Å². The van der Waals surface area contributed by atoms with Gasteiger partial charge in [-0.05, 0) is 30.5 Å². The van der Waals surface area contributed by atoms with Crippen molar-refractivity contribution in [3.05, 3.63) is 59.5 Å². The first-order chi connectivity index (χ1) is 9.29. The van der Waals surface area contributed by atoms with Crippen LogP contribution >= 0.6 is 0 Å². The van der Waals surface area contributed by atoms with E-state index in [1.165, 1.54) is 5.56 Å². The van der Waals surface area contributed by atoms with Gasteiger partial charge in [-0.25, -0.2) is 4.79 Å². The van der Waals surface area contributed by atoms with Gasteiger partial charge in [-0.15, -0.1) is 0 Å². The Labute approximate surface area is 112 Å². The first-order valence-corrected chi connectivity index (χ1v) is 6.29. The Morgan fingerprint density at radius 1 is 1.16 bits per heavy atom. The SMILES string of the molecule is NCc1ccc(C(=O)OCCCc2ccccc2)o1. The first-order valence-electron chi connectivity index (χ1n) is 6.29. The molecule has 1 aromatic carbocycles. The van der Waals surface area contributed by atoms with Crippen LogP contribution in [0.1, 0.15) is 28.3 Å². The van der Waals surface area contributed by atoms with E-state index in [1.54, 1.807) is 12.1 Å². The molecule has 0 spiro atoms. The summed E-state index contributed by atoms with van der Waals surface area (Å²) in [5, 5.41) is 0. The van der Waals surface area contributed by atoms with Crippen LogP contribution in [0.2, 0.25) is 0 Å². The van der Waals surface area contributed by atoms with Gasteiger partial charge in [-0.3, -0.25) is 0 Å². The number of rotatable bonds is 6. The van der Waals surface area contributed by atoms with Crippen molar-refractivity contribution in [2.24, 2.45) is 5.73 Å². The maximum Gasteiger partial charge on any atom is 0.374 e. The van der Waals surface area contributed by atoms with Gasteiger partial charge in [-0.1, -0.05) is 30.3 Å². The predicted molar refractivity (Wildman–Crippen MR) is 71.6 cm³/mol. The molecule has 2 N–H and O–H groups in total. The molecule has 1 heterocycles. The van der Waals surface area contributed by atoms with Gasteiger partial charge < -0.3 is 14.9 Å². The van der Waals surface area contributed by atoms with Crippen LogP contribution in [0.25, 0.3) is 0 Å². The lowest BCUT2D eigenvalue weighted by Gasteiger charge is -2.03. The number of hydrogen-bond acceptors (Lipinski definition) is 4. The third-order valence-corrected chi connectivity index (χ3v) is 2.75. The Kier molecular flexibility index (Phi) is 4.75. The van der Waals surface area contributed by atoms with Gasteiger partial charge in [0.25, 0.3) is 0 Å². The number of aryl methyl sites for hydroxylation is 1. The Balaban J connectivity index is 1.72. The lowest BCUT2D eigenvalue weighted by atomic mass is 10.1. The maximum absolute atomic E-state index is 11.6. The number of hydrogen-bond donors (Lipinski definition) is 1. The molecule has 0 saturated carbocycles. The van der Waals surface area contributed by atoms with E-state index in [1.807, 2.05) is 18.2 Å². The van der Waals surface area contributed by atoms with Crippen LogP contribution in [-0.2, 0) is 17.7 Å². The largest absolute Gasteiger partial charge is 0.460 e. The summed E-state index contributed by atoms with van der Waals surface area (Å²) in [6.45, 7) is 0.660. The minimum atomic E-state index is -0.437. The Bertz CT molecular complexity index is 519. The third-order valence-electron chi connectivity index (χ3n) is 2.75. The molecule has 0 aliphatic heterocycles. The number of esters is 1. The van der Waals surface area contributed by atoms with Gasteiger partial charge in [0.05, 0.1) is 13.2 Å². The van der Waals surface area contributed by atoms with Gasteiger partial charge in [0.1, 0.15) is 5.76 Å². The van der Waals surface area contributed by atoms with E-state index in [0.29, 0.717) is 12.4 Å². The summed E-state index contributed by atoms with van der Waals surface area (Å²) in [5.41, 5.74) is 6.64. The zero-order valence-electron chi connectivity index (χ0n) is 10.7. The summed E-state index contributed by atoms with van der Waals surface area (Å²) < 4.78 is 10.3. The number of furan rings is 1. The fourth-order valence-electron chi connectivity index (χ4n) is 1.75. The second-order valence-electron chi connectivity index (χ2n) is 4.20. The second kappa shape index (κ2) is 6.75. The first kappa shape index (κ1) is 13.4. The summed E-state index contributed by atoms with van der Waals surface area (Å²) in [6, 6.07) is 13.4. The van der Waals surface area contributed by atoms with Gasteiger partial charge in [0, 0.05) is 0 Å². The molecular weight excluding hydrogens is 242 g/mol. The summed E-state index contributed by atoms with van der Waals surface area (Å²) in [6.07, 6.45) is 1.68. The quantitative estimate of drug-likeness (QED) is 0.639. The predicted octanol–water partition coefficient (Wildman–Crippen LogP) is 2.53. The lowest BCUT2D eigenvalue weighted by Crippen LogP contribution is -2.06. The molecular formula is C15H17NO3.